The summed E-state index contributed by atoms with van der Waals surface area (Å²) >= 11 is 0. The van der Waals surface area contributed by atoms with Gasteiger partial charge < -0.3 is 4.74 Å². The first-order valence-corrected chi connectivity index (χ1v) is 8.46. The van der Waals surface area contributed by atoms with Gasteiger partial charge in [0, 0.05) is 26.2 Å². The molecule has 7 heteroatoms. The number of nitrogens with zero attached hydrogens (tertiary/aromatic N) is 6. The summed E-state index contributed by atoms with van der Waals surface area (Å²) in [5.41, 5.74) is 0.994. The quantitative estimate of drug-likeness (QED) is 0.862. The first kappa shape index (κ1) is 14.8. The summed E-state index contributed by atoms with van der Waals surface area (Å²) in [5.74, 6) is 2.43. The minimum absolute atomic E-state index is 0.344. The van der Waals surface area contributed by atoms with E-state index in [-0.39, 0.29) is 0 Å². The van der Waals surface area contributed by atoms with Gasteiger partial charge in [0.05, 0.1) is 18.4 Å². The second-order valence-corrected chi connectivity index (χ2v) is 6.64. The highest BCUT2D eigenvalue weighted by Crippen LogP contribution is 2.33. The first-order chi connectivity index (χ1) is 11.2. The van der Waals surface area contributed by atoms with Gasteiger partial charge in [-0.15, -0.1) is 0 Å². The third-order valence-electron chi connectivity index (χ3n) is 4.99. The lowest BCUT2D eigenvalue weighted by Crippen LogP contribution is -2.21. The molecule has 0 aromatic carbocycles. The lowest BCUT2D eigenvalue weighted by atomic mass is 10.00. The fourth-order valence-electron chi connectivity index (χ4n) is 3.63. The number of aromatic nitrogens is 5. The molecule has 4 heterocycles. The topological polar surface area (TPSA) is 61.0 Å². The van der Waals surface area contributed by atoms with Crippen molar-refractivity contribution in [2.45, 2.75) is 37.6 Å². The van der Waals surface area contributed by atoms with Gasteiger partial charge in [-0.1, -0.05) is 0 Å². The van der Waals surface area contributed by atoms with Crippen molar-refractivity contribution in [3.05, 3.63) is 24.0 Å². The smallest absolute Gasteiger partial charge is 0.154 e. The van der Waals surface area contributed by atoms with Crippen LogP contribution in [-0.4, -0.2) is 56.3 Å². The Morgan fingerprint density at radius 1 is 1.17 bits per heavy atom. The molecule has 1 unspecified atom stereocenters. The number of rotatable bonds is 3. The summed E-state index contributed by atoms with van der Waals surface area (Å²) in [4.78, 5) is 7.35. The molecular weight excluding hydrogens is 292 g/mol. The van der Waals surface area contributed by atoms with Crippen molar-refractivity contribution in [1.82, 2.24) is 29.4 Å². The van der Waals surface area contributed by atoms with Gasteiger partial charge in [-0.2, -0.15) is 10.2 Å². The van der Waals surface area contributed by atoms with Crippen LogP contribution < -0.4 is 0 Å². The molecule has 1 atom stereocenters. The molecule has 0 bridgehead atoms. The first-order valence-electron chi connectivity index (χ1n) is 8.46. The Hall–Kier alpha value is -1.73. The number of hydrogen-bond donors (Lipinski definition) is 0. The molecule has 7 nitrogen and oxygen atoms in total. The normalized spacial score (nSPS) is 23.7. The van der Waals surface area contributed by atoms with Crippen molar-refractivity contribution in [3.63, 3.8) is 0 Å². The molecule has 0 saturated carbocycles. The van der Waals surface area contributed by atoms with E-state index in [1.807, 2.05) is 28.8 Å². The maximum absolute atomic E-state index is 5.48. The summed E-state index contributed by atoms with van der Waals surface area (Å²) in [5, 5.41) is 9.16. The van der Waals surface area contributed by atoms with E-state index in [1.165, 1.54) is 6.42 Å². The highest BCUT2D eigenvalue weighted by atomic mass is 16.5. The predicted molar refractivity (Wildman–Crippen MR) is 85.5 cm³/mol. The molecule has 4 rings (SSSR count). The van der Waals surface area contributed by atoms with Gasteiger partial charge in [-0.3, -0.25) is 9.58 Å². The summed E-state index contributed by atoms with van der Waals surface area (Å²) in [7, 11) is 4.11. The van der Waals surface area contributed by atoms with Gasteiger partial charge in [0.2, 0.25) is 0 Å². The van der Waals surface area contributed by atoms with Crippen molar-refractivity contribution < 1.29 is 4.74 Å². The number of likely N-dealkylation sites (tertiary alicyclic amines) is 1. The van der Waals surface area contributed by atoms with Crippen LogP contribution in [0, 0.1) is 0 Å². The SMILES string of the molecule is CN1CCCC1c1nc(C2CCOCC2)nn1-c1cnn(C)c1. The van der Waals surface area contributed by atoms with E-state index in [9.17, 15) is 0 Å². The van der Waals surface area contributed by atoms with Crippen molar-refractivity contribution in [1.29, 1.82) is 0 Å². The Kier molecular flexibility index (Phi) is 3.90. The fraction of sp³-hybridized carbons (Fsp3) is 0.688. The van der Waals surface area contributed by atoms with Gasteiger partial charge in [0.1, 0.15) is 11.5 Å². The number of aryl methyl sites for hydroxylation is 1. The molecule has 2 fully saturated rings. The average Bonchev–Trinajstić information content (AvgIpc) is 3.27. The van der Waals surface area contributed by atoms with Crippen LogP contribution in [0.15, 0.2) is 12.4 Å². The Bertz CT molecular complexity index is 672. The molecule has 0 amide bonds. The Balaban J connectivity index is 1.73. The Labute approximate surface area is 136 Å². The lowest BCUT2D eigenvalue weighted by molar-refractivity contribution is 0.0836. The number of hydrogen-bond acceptors (Lipinski definition) is 5. The van der Waals surface area contributed by atoms with Gasteiger partial charge in [0.25, 0.3) is 0 Å². The van der Waals surface area contributed by atoms with Crippen LogP contribution in [0.5, 0.6) is 0 Å². The van der Waals surface area contributed by atoms with E-state index in [4.69, 9.17) is 14.8 Å². The Morgan fingerprint density at radius 2 is 2.00 bits per heavy atom. The summed E-state index contributed by atoms with van der Waals surface area (Å²) in [6.45, 7) is 2.74. The zero-order chi connectivity index (χ0) is 15.8. The molecule has 0 aliphatic carbocycles. The second kappa shape index (κ2) is 6.05. The monoisotopic (exact) mass is 316 g/mol. The van der Waals surface area contributed by atoms with Gasteiger partial charge in [-0.05, 0) is 39.3 Å². The maximum Gasteiger partial charge on any atom is 0.154 e. The third-order valence-corrected chi connectivity index (χ3v) is 4.99. The lowest BCUT2D eigenvalue weighted by Gasteiger charge is -2.19. The molecule has 2 aromatic heterocycles. The molecule has 0 N–H and O–H groups in total. The fourth-order valence-corrected chi connectivity index (χ4v) is 3.63. The van der Waals surface area contributed by atoms with Crippen molar-refractivity contribution in [2.75, 3.05) is 26.8 Å². The third kappa shape index (κ3) is 2.79. The van der Waals surface area contributed by atoms with E-state index in [0.29, 0.717) is 12.0 Å². The van der Waals surface area contributed by atoms with E-state index >= 15 is 0 Å². The molecule has 2 aromatic rings. The molecule has 2 aliphatic rings. The second-order valence-electron chi connectivity index (χ2n) is 6.64. The zero-order valence-electron chi connectivity index (χ0n) is 13.9. The standard InChI is InChI=1S/C16H24N6O/c1-20-7-3-4-14(20)16-18-15(12-5-8-23-9-6-12)19-22(16)13-10-17-21(2)11-13/h10-12,14H,3-9H2,1-2H3. The maximum atomic E-state index is 5.48. The van der Waals surface area contributed by atoms with Crippen LogP contribution in [0.4, 0.5) is 0 Å². The average molecular weight is 316 g/mol. The van der Waals surface area contributed by atoms with Gasteiger partial charge in [0.15, 0.2) is 5.82 Å². The van der Waals surface area contributed by atoms with E-state index in [2.05, 4.69) is 17.0 Å². The minimum Gasteiger partial charge on any atom is -0.381 e. The number of ether oxygens (including phenoxy) is 1. The predicted octanol–water partition coefficient (Wildman–Crippen LogP) is 1.66. The Morgan fingerprint density at radius 3 is 2.65 bits per heavy atom. The van der Waals surface area contributed by atoms with E-state index in [0.717, 1.165) is 56.4 Å². The van der Waals surface area contributed by atoms with Crippen molar-refractivity contribution in [2.24, 2.45) is 7.05 Å². The summed E-state index contributed by atoms with van der Waals surface area (Å²) in [6, 6.07) is 0.344. The van der Waals surface area contributed by atoms with E-state index in [1.54, 1.807) is 0 Å². The molecule has 124 valence electrons. The minimum atomic E-state index is 0.344. The molecule has 2 aliphatic heterocycles. The van der Waals surface area contributed by atoms with Crippen LogP contribution in [0.3, 0.4) is 0 Å². The highest BCUT2D eigenvalue weighted by Gasteiger charge is 2.31. The summed E-state index contributed by atoms with van der Waals surface area (Å²) < 4.78 is 9.30. The molecular formula is C16H24N6O. The largest absolute Gasteiger partial charge is 0.381 e. The molecule has 2 saturated heterocycles. The van der Waals surface area contributed by atoms with Crippen LogP contribution in [0.1, 0.15) is 49.3 Å². The van der Waals surface area contributed by atoms with Crippen LogP contribution in [0.25, 0.3) is 5.69 Å². The van der Waals surface area contributed by atoms with E-state index < -0.39 is 0 Å². The summed E-state index contributed by atoms with van der Waals surface area (Å²) in [6.07, 6.45) is 8.24. The van der Waals surface area contributed by atoms with Gasteiger partial charge in [-0.25, -0.2) is 9.67 Å². The molecule has 0 spiro atoms. The highest BCUT2D eigenvalue weighted by molar-refractivity contribution is 5.27. The van der Waals surface area contributed by atoms with Crippen molar-refractivity contribution >= 4 is 0 Å². The zero-order valence-corrected chi connectivity index (χ0v) is 13.9. The van der Waals surface area contributed by atoms with Crippen molar-refractivity contribution in [3.8, 4) is 5.69 Å². The molecule has 23 heavy (non-hydrogen) atoms. The van der Waals surface area contributed by atoms with Gasteiger partial charge >= 0.3 is 0 Å². The van der Waals surface area contributed by atoms with Crippen LogP contribution in [-0.2, 0) is 11.8 Å². The molecule has 0 radical (unpaired) electrons. The van der Waals surface area contributed by atoms with Crippen LogP contribution >= 0.6 is 0 Å². The van der Waals surface area contributed by atoms with Crippen LogP contribution in [0.2, 0.25) is 0 Å².